The van der Waals surface area contributed by atoms with Gasteiger partial charge in [0, 0.05) is 12.7 Å². The van der Waals surface area contributed by atoms with Gasteiger partial charge in [0.15, 0.2) is 0 Å². The number of carbonyl (C=O) groups excluding carboxylic acids is 2. The summed E-state index contributed by atoms with van der Waals surface area (Å²) in [7, 11) is -3.23. The minimum Gasteiger partial charge on any atom is -0.448 e. The number of hydroxylamine groups is 2. The fraction of sp³-hybridized carbons (Fsp3) is 0.625. The standard InChI is InChI=1S/C8H11NO7S/c1-17(14,15)3-2-5-4-6(10)9(7(5)11)16-8(12)13/h5H,2-4H2,1H3,(H,12,13). The van der Waals surface area contributed by atoms with E-state index in [-0.39, 0.29) is 23.7 Å². The van der Waals surface area contributed by atoms with Crippen molar-refractivity contribution in [2.75, 3.05) is 12.0 Å². The molecule has 1 saturated heterocycles. The van der Waals surface area contributed by atoms with Gasteiger partial charge in [-0.1, -0.05) is 5.06 Å². The number of amides is 2. The second-order valence-electron chi connectivity index (χ2n) is 3.70. The Morgan fingerprint density at radius 1 is 1.53 bits per heavy atom. The fourth-order valence-corrected chi connectivity index (χ4v) is 2.14. The van der Waals surface area contributed by atoms with Crippen molar-refractivity contribution in [2.45, 2.75) is 12.8 Å². The smallest absolute Gasteiger partial charge is 0.448 e. The lowest BCUT2D eigenvalue weighted by Gasteiger charge is -2.10. The van der Waals surface area contributed by atoms with Crippen LogP contribution < -0.4 is 0 Å². The summed E-state index contributed by atoms with van der Waals surface area (Å²) in [5.74, 6) is -2.68. The molecule has 1 aliphatic heterocycles. The normalized spacial score (nSPS) is 20.8. The van der Waals surface area contributed by atoms with Gasteiger partial charge in [-0.25, -0.2) is 13.2 Å². The maximum atomic E-state index is 11.5. The van der Waals surface area contributed by atoms with Crippen LogP contribution >= 0.6 is 0 Å². The highest BCUT2D eigenvalue weighted by molar-refractivity contribution is 7.90. The van der Waals surface area contributed by atoms with E-state index in [0.717, 1.165) is 6.26 Å². The maximum Gasteiger partial charge on any atom is 0.531 e. The summed E-state index contributed by atoms with van der Waals surface area (Å²) in [6, 6.07) is 0. The summed E-state index contributed by atoms with van der Waals surface area (Å²) in [6.45, 7) is 0. The summed E-state index contributed by atoms with van der Waals surface area (Å²) < 4.78 is 21.8. The molecule has 0 saturated carbocycles. The third kappa shape index (κ3) is 3.70. The van der Waals surface area contributed by atoms with Gasteiger partial charge in [-0.2, -0.15) is 0 Å². The van der Waals surface area contributed by atoms with E-state index >= 15 is 0 Å². The number of hydrogen-bond acceptors (Lipinski definition) is 6. The Labute approximate surface area is 97.0 Å². The zero-order chi connectivity index (χ0) is 13.2. The molecule has 1 aliphatic rings. The molecule has 1 heterocycles. The number of sulfone groups is 1. The molecule has 96 valence electrons. The van der Waals surface area contributed by atoms with Crippen LogP contribution in [0.1, 0.15) is 12.8 Å². The van der Waals surface area contributed by atoms with Crippen molar-refractivity contribution < 1.29 is 32.7 Å². The molecule has 0 bridgehead atoms. The number of nitrogens with zero attached hydrogens (tertiary/aromatic N) is 1. The van der Waals surface area contributed by atoms with E-state index in [0.29, 0.717) is 0 Å². The molecule has 0 aliphatic carbocycles. The van der Waals surface area contributed by atoms with Gasteiger partial charge < -0.3 is 5.11 Å². The quantitative estimate of drug-likeness (QED) is 0.674. The Kier molecular flexibility index (Phi) is 3.71. The zero-order valence-corrected chi connectivity index (χ0v) is 9.77. The summed E-state index contributed by atoms with van der Waals surface area (Å²) in [4.78, 5) is 36.9. The molecule has 17 heavy (non-hydrogen) atoms. The fourth-order valence-electron chi connectivity index (χ4n) is 1.43. The second kappa shape index (κ2) is 4.70. The first-order chi connectivity index (χ1) is 7.70. The van der Waals surface area contributed by atoms with E-state index in [1.165, 1.54) is 0 Å². The van der Waals surface area contributed by atoms with Gasteiger partial charge in [-0.15, -0.1) is 0 Å². The Bertz CT molecular complexity index is 454. The van der Waals surface area contributed by atoms with E-state index in [1.807, 2.05) is 0 Å². The topological polar surface area (TPSA) is 118 Å². The van der Waals surface area contributed by atoms with Crippen LogP contribution in [-0.2, 0) is 24.3 Å². The first kappa shape index (κ1) is 13.4. The van der Waals surface area contributed by atoms with E-state index in [9.17, 15) is 22.8 Å². The molecule has 9 heteroatoms. The summed E-state index contributed by atoms with van der Waals surface area (Å²) >= 11 is 0. The van der Waals surface area contributed by atoms with Gasteiger partial charge in [-0.05, 0) is 6.42 Å². The van der Waals surface area contributed by atoms with E-state index in [1.54, 1.807) is 0 Å². The average Bonchev–Trinajstić information content (AvgIpc) is 2.41. The molecule has 0 radical (unpaired) electrons. The molecule has 1 N–H and O–H groups in total. The van der Waals surface area contributed by atoms with Gasteiger partial charge in [0.25, 0.3) is 11.8 Å². The molecule has 0 aromatic heterocycles. The lowest BCUT2D eigenvalue weighted by Crippen LogP contribution is -2.33. The molecule has 0 spiro atoms. The molecule has 0 aromatic carbocycles. The molecule has 1 unspecified atom stereocenters. The average molecular weight is 265 g/mol. The first-order valence-electron chi connectivity index (χ1n) is 4.66. The highest BCUT2D eigenvalue weighted by atomic mass is 32.2. The Balaban J connectivity index is 2.65. The largest absolute Gasteiger partial charge is 0.531 e. The van der Waals surface area contributed by atoms with Gasteiger partial charge >= 0.3 is 6.16 Å². The third-order valence-corrected chi connectivity index (χ3v) is 3.18. The van der Waals surface area contributed by atoms with Gasteiger partial charge in [0.1, 0.15) is 9.84 Å². The van der Waals surface area contributed by atoms with Gasteiger partial charge in [0.05, 0.1) is 11.7 Å². The molecular formula is C8H11NO7S. The second-order valence-corrected chi connectivity index (χ2v) is 5.96. The third-order valence-electron chi connectivity index (χ3n) is 2.20. The minimum atomic E-state index is -3.23. The Hall–Kier alpha value is -1.64. The van der Waals surface area contributed by atoms with Crippen LogP contribution in [0, 0.1) is 5.92 Å². The number of hydrogen-bond donors (Lipinski definition) is 1. The van der Waals surface area contributed by atoms with Crippen LogP contribution in [-0.4, -0.2) is 48.6 Å². The monoisotopic (exact) mass is 265 g/mol. The molecule has 1 rings (SSSR count). The molecular weight excluding hydrogens is 254 g/mol. The summed E-state index contributed by atoms with van der Waals surface area (Å²) in [5.41, 5.74) is 0. The predicted octanol–water partition coefficient (Wildman–Crippen LogP) is -0.594. The van der Waals surface area contributed by atoms with E-state index < -0.39 is 33.7 Å². The van der Waals surface area contributed by atoms with Crippen molar-refractivity contribution in [3.63, 3.8) is 0 Å². The van der Waals surface area contributed by atoms with E-state index in [2.05, 4.69) is 4.84 Å². The van der Waals surface area contributed by atoms with Crippen LogP contribution in [0.4, 0.5) is 4.79 Å². The summed E-state index contributed by atoms with van der Waals surface area (Å²) in [5, 5.41) is 8.45. The van der Waals surface area contributed by atoms with Crippen molar-refractivity contribution in [2.24, 2.45) is 5.92 Å². The molecule has 1 fully saturated rings. The minimum absolute atomic E-state index is 0.0249. The number of carboxylic acid groups (broad SMARTS) is 1. The van der Waals surface area contributed by atoms with Crippen LogP contribution in [0.5, 0.6) is 0 Å². The molecule has 8 nitrogen and oxygen atoms in total. The molecule has 2 amide bonds. The molecule has 1 atom stereocenters. The lowest BCUT2D eigenvalue weighted by molar-refractivity contribution is -0.176. The highest BCUT2D eigenvalue weighted by Crippen LogP contribution is 2.23. The number of imide groups is 1. The SMILES string of the molecule is CS(=O)(=O)CCC1CC(=O)N(OC(=O)O)C1=O. The number of carbonyl (C=O) groups is 3. The van der Waals surface area contributed by atoms with Crippen LogP contribution in [0.15, 0.2) is 0 Å². The predicted molar refractivity (Wildman–Crippen MR) is 53.4 cm³/mol. The lowest BCUT2D eigenvalue weighted by atomic mass is 10.1. The van der Waals surface area contributed by atoms with Crippen molar-refractivity contribution >= 4 is 27.8 Å². The van der Waals surface area contributed by atoms with Crippen LogP contribution in [0.2, 0.25) is 0 Å². The van der Waals surface area contributed by atoms with Crippen molar-refractivity contribution in [1.29, 1.82) is 0 Å². The van der Waals surface area contributed by atoms with Gasteiger partial charge in [-0.3, -0.25) is 14.4 Å². The number of rotatable bonds is 4. The van der Waals surface area contributed by atoms with Crippen LogP contribution in [0.25, 0.3) is 0 Å². The molecule has 0 aromatic rings. The first-order valence-corrected chi connectivity index (χ1v) is 6.72. The Morgan fingerprint density at radius 3 is 2.59 bits per heavy atom. The summed E-state index contributed by atoms with van der Waals surface area (Å²) in [6.07, 6.45) is -1.01. The van der Waals surface area contributed by atoms with Crippen LogP contribution in [0.3, 0.4) is 0 Å². The van der Waals surface area contributed by atoms with Crippen molar-refractivity contribution in [1.82, 2.24) is 5.06 Å². The Morgan fingerprint density at radius 2 is 2.12 bits per heavy atom. The maximum absolute atomic E-state index is 11.5. The van der Waals surface area contributed by atoms with Gasteiger partial charge in [0.2, 0.25) is 0 Å². The zero-order valence-electron chi connectivity index (χ0n) is 8.95. The highest BCUT2D eigenvalue weighted by Gasteiger charge is 2.41. The van der Waals surface area contributed by atoms with E-state index in [4.69, 9.17) is 5.11 Å². The van der Waals surface area contributed by atoms with Crippen molar-refractivity contribution in [3.8, 4) is 0 Å². The van der Waals surface area contributed by atoms with Crippen molar-refractivity contribution in [3.05, 3.63) is 0 Å².